The lowest BCUT2D eigenvalue weighted by atomic mass is 9.74. The molecule has 104 valence electrons. The second-order valence-electron chi connectivity index (χ2n) is 6.22. The van der Waals surface area contributed by atoms with Crippen LogP contribution in [0.5, 0.6) is 0 Å². The topological polar surface area (TPSA) is 12.0 Å². The van der Waals surface area contributed by atoms with Gasteiger partial charge in [-0.25, -0.2) is 0 Å². The van der Waals surface area contributed by atoms with Crippen LogP contribution in [0, 0.1) is 30.1 Å². The highest BCUT2D eigenvalue weighted by Gasteiger charge is 2.27. The van der Waals surface area contributed by atoms with Crippen LogP contribution in [-0.2, 0) is 0 Å². The maximum atomic E-state index is 5.42. The molecule has 0 spiro atoms. The Kier molecular flexibility index (Phi) is 7.44. The van der Waals surface area contributed by atoms with E-state index in [2.05, 4.69) is 32.0 Å². The molecule has 1 fully saturated rings. The zero-order chi connectivity index (χ0) is 13.4. The van der Waals surface area contributed by atoms with Crippen LogP contribution in [0.4, 0.5) is 0 Å². The van der Waals surface area contributed by atoms with Crippen LogP contribution in [-0.4, -0.2) is 12.6 Å². The maximum Gasteiger partial charge on any atom is 0.0104 e. The summed E-state index contributed by atoms with van der Waals surface area (Å²) in [4.78, 5) is 0. The fraction of sp³-hybridized carbons (Fsp3) is 0.882. The van der Waals surface area contributed by atoms with Crippen LogP contribution in [0.15, 0.2) is 0 Å². The molecule has 0 saturated heterocycles. The summed E-state index contributed by atoms with van der Waals surface area (Å²) < 4.78 is 0. The summed E-state index contributed by atoms with van der Waals surface area (Å²) in [6, 6.07) is 0.661. The van der Waals surface area contributed by atoms with Gasteiger partial charge in [-0.3, -0.25) is 0 Å². The first-order chi connectivity index (χ1) is 8.69. The lowest BCUT2D eigenvalue weighted by Crippen LogP contribution is -2.39. The van der Waals surface area contributed by atoms with Gasteiger partial charge in [-0.05, 0) is 62.8 Å². The van der Waals surface area contributed by atoms with Crippen molar-refractivity contribution in [1.29, 1.82) is 0 Å². The molecule has 1 unspecified atom stereocenters. The highest BCUT2D eigenvalue weighted by molar-refractivity contribution is 4.89. The quantitative estimate of drug-likeness (QED) is 0.666. The molecule has 0 aromatic heterocycles. The van der Waals surface area contributed by atoms with E-state index in [1.807, 2.05) is 0 Å². The first-order valence-corrected chi connectivity index (χ1v) is 7.85. The van der Waals surface area contributed by atoms with E-state index in [1.54, 1.807) is 0 Å². The van der Waals surface area contributed by atoms with Crippen LogP contribution in [0.25, 0.3) is 0 Å². The van der Waals surface area contributed by atoms with E-state index in [0.29, 0.717) is 6.04 Å². The first kappa shape index (κ1) is 15.6. The zero-order valence-corrected chi connectivity index (χ0v) is 12.5. The second kappa shape index (κ2) is 8.59. The molecule has 0 aromatic rings. The van der Waals surface area contributed by atoms with E-state index in [4.69, 9.17) is 6.42 Å². The van der Waals surface area contributed by atoms with Gasteiger partial charge in [0.2, 0.25) is 0 Å². The predicted octanol–water partition coefficient (Wildman–Crippen LogP) is 4.23. The van der Waals surface area contributed by atoms with E-state index < -0.39 is 0 Å². The highest BCUT2D eigenvalue weighted by atomic mass is 14.9. The molecule has 1 atom stereocenters. The van der Waals surface area contributed by atoms with E-state index in [-0.39, 0.29) is 0 Å². The standard InChI is InChI=1S/C17H31N/c1-5-7-8-17(18-13-6-2)16-11-9-15(10-12-16)14(3)4/h1,14-18H,6-13H2,2-4H3. The van der Waals surface area contributed by atoms with E-state index in [1.165, 1.54) is 32.1 Å². The molecule has 0 aliphatic heterocycles. The van der Waals surface area contributed by atoms with Crippen molar-refractivity contribution >= 4 is 0 Å². The van der Waals surface area contributed by atoms with Crippen LogP contribution >= 0.6 is 0 Å². The molecule has 18 heavy (non-hydrogen) atoms. The Morgan fingerprint density at radius 2 is 1.78 bits per heavy atom. The van der Waals surface area contributed by atoms with Crippen molar-refractivity contribution in [2.24, 2.45) is 17.8 Å². The summed E-state index contributed by atoms with van der Waals surface area (Å²) in [5.41, 5.74) is 0. The maximum absolute atomic E-state index is 5.42. The van der Waals surface area contributed by atoms with Gasteiger partial charge in [-0.15, -0.1) is 12.3 Å². The number of hydrogen-bond acceptors (Lipinski definition) is 1. The van der Waals surface area contributed by atoms with Gasteiger partial charge < -0.3 is 5.32 Å². The van der Waals surface area contributed by atoms with Crippen molar-refractivity contribution in [3.05, 3.63) is 0 Å². The van der Waals surface area contributed by atoms with Gasteiger partial charge in [0.05, 0.1) is 0 Å². The average Bonchev–Trinajstić information content (AvgIpc) is 2.39. The van der Waals surface area contributed by atoms with Gasteiger partial charge in [0, 0.05) is 12.5 Å². The number of rotatable bonds is 7. The zero-order valence-electron chi connectivity index (χ0n) is 12.5. The molecule has 0 bridgehead atoms. The summed E-state index contributed by atoms with van der Waals surface area (Å²) in [5.74, 6) is 5.48. The van der Waals surface area contributed by atoms with Crippen molar-refractivity contribution in [2.45, 2.75) is 71.8 Å². The highest BCUT2D eigenvalue weighted by Crippen LogP contribution is 2.35. The van der Waals surface area contributed by atoms with Gasteiger partial charge in [0.25, 0.3) is 0 Å². The fourth-order valence-corrected chi connectivity index (χ4v) is 3.29. The summed E-state index contributed by atoms with van der Waals surface area (Å²) in [7, 11) is 0. The molecule has 1 nitrogen and oxygen atoms in total. The van der Waals surface area contributed by atoms with Crippen molar-refractivity contribution in [1.82, 2.24) is 5.32 Å². The minimum Gasteiger partial charge on any atom is -0.314 e. The third kappa shape index (κ3) is 5.02. The molecule has 1 rings (SSSR count). The van der Waals surface area contributed by atoms with E-state index in [9.17, 15) is 0 Å². The van der Waals surface area contributed by atoms with Crippen LogP contribution in [0.2, 0.25) is 0 Å². The fourth-order valence-electron chi connectivity index (χ4n) is 3.29. The summed E-state index contributed by atoms with van der Waals surface area (Å²) in [6.07, 6.45) is 14.4. The van der Waals surface area contributed by atoms with E-state index in [0.717, 1.165) is 37.1 Å². The molecule has 0 radical (unpaired) electrons. The molecule has 1 aliphatic rings. The lowest BCUT2D eigenvalue weighted by molar-refractivity contribution is 0.184. The Morgan fingerprint density at radius 1 is 1.17 bits per heavy atom. The smallest absolute Gasteiger partial charge is 0.0104 e. The second-order valence-corrected chi connectivity index (χ2v) is 6.22. The number of terminal acetylenes is 1. The number of nitrogens with one attached hydrogen (secondary N) is 1. The summed E-state index contributed by atoms with van der Waals surface area (Å²) in [6.45, 7) is 8.12. The average molecular weight is 249 g/mol. The van der Waals surface area contributed by atoms with Gasteiger partial charge in [-0.2, -0.15) is 0 Å². The molecule has 1 saturated carbocycles. The monoisotopic (exact) mass is 249 g/mol. The summed E-state index contributed by atoms with van der Waals surface area (Å²) in [5, 5.41) is 3.72. The minimum atomic E-state index is 0.661. The Morgan fingerprint density at radius 3 is 2.28 bits per heavy atom. The molecule has 0 heterocycles. The van der Waals surface area contributed by atoms with E-state index >= 15 is 0 Å². The van der Waals surface area contributed by atoms with Gasteiger partial charge >= 0.3 is 0 Å². The normalized spacial score (nSPS) is 25.9. The largest absolute Gasteiger partial charge is 0.314 e. The van der Waals surface area contributed by atoms with Crippen molar-refractivity contribution in [2.75, 3.05) is 6.54 Å². The molecule has 1 N–H and O–H groups in total. The Hall–Kier alpha value is -0.480. The van der Waals surface area contributed by atoms with Crippen molar-refractivity contribution in [3.8, 4) is 12.3 Å². The Balaban J connectivity index is 2.41. The Labute approximate surface area is 114 Å². The predicted molar refractivity (Wildman–Crippen MR) is 80.4 cm³/mol. The van der Waals surface area contributed by atoms with Gasteiger partial charge in [0.15, 0.2) is 0 Å². The van der Waals surface area contributed by atoms with Crippen LogP contribution < -0.4 is 5.32 Å². The lowest BCUT2D eigenvalue weighted by Gasteiger charge is -2.35. The summed E-state index contributed by atoms with van der Waals surface area (Å²) >= 11 is 0. The number of hydrogen-bond donors (Lipinski definition) is 1. The van der Waals surface area contributed by atoms with Crippen LogP contribution in [0.3, 0.4) is 0 Å². The Bertz CT molecular complexity index is 243. The molecule has 0 aromatic carbocycles. The molecule has 1 heteroatoms. The third-order valence-electron chi connectivity index (χ3n) is 4.58. The minimum absolute atomic E-state index is 0.661. The van der Waals surface area contributed by atoms with Gasteiger partial charge in [-0.1, -0.05) is 20.8 Å². The molecular weight excluding hydrogens is 218 g/mol. The van der Waals surface area contributed by atoms with Crippen molar-refractivity contribution in [3.63, 3.8) is 0 Å². The first-order valence-electron chi connectivity index (χ1n) is 7.85. The molecule has 1 aliphatic carbocycles. The van der Waals surface area contributed by atoms with Crippen molar-refractivity contribution < 1.29 is 0 Å². The molecular formula is C17H31N. The SMILES string of the molecule is C#CCCC(NCCC)C1CCC(C(C)C)CC1. The third-order valence-corrected chi connectivity index (χ3v) is 4.58. The molecule has 0 amide bonds. The van der Waals surface area contributed by atoms with Gasteiger partial charge in [0.1, 0.15) is 0 Å². The van der Waals surface area contributed by atoms with Crippen LogP contribution in [0.1, 0.15) is 65.7 Å².